The number of fused-ring (bicyclic) bond motifs is 1. The molecular formula is C26H29FN2O2. The normalized spacial score (nSPS) is 19.5. The molecule has 162 valence electrons. The average Bonchev–Trinajstić information content (AvgIpc) is 2.76. The predicted molar refractivity (Wildman–Crippen MR) is 122 cm³/mol. The third-order valence-corrected chi connectivity index (χ3v) is 6.15. The Morgan fingerprint density at radius 2 is 1.74 bits per heavy atom. The molecule has 3 aromatic carbocycles. The second-order valence-corrected chi connectivity index (χ2v) is 8.52. The molecule has 1 heterocycles. The first-order chi connectivity index (χ1) is 14.9. The summed E-state index contributed by atoms with van der Waals surface area (Å²) < 4.78 is 19.2. The Bertz CT molecular complexity index is 1070. The maximum atomic E-state index is 13.2. The summed E-state index contributed by atoms with van der Waals surface area (Å²) >= 11 is 0. The SMILES string of the molecule is Cc1ccc2ccccc2c1OCC(=O)N1C[C@H](C)N(Cc2ccc(F)cc2)C[C@H]1C. The first kappa shape index (κ1) is 21.3. The first-order valence-electron chi connectivity index (χ1n) is 10.8. The quantitative estimate of drug-likeness (QED) is 0.595. The van der Waals surface area contributed by atoms with E-state index in [2.05, 4.69) is 24.8 Å². The second kappa shape index (κ2) is 9.06. The van der Waals surface area contributed by atoms with Crippen LogP contribution >= 0.6 is 0 Å². The van der Waals surface area contributed by atoms with E-state index in [1.165, 1.54) is 12.1 Å². The number of hydrogen-bond donors (Lipinski definition) is 0. The molecule has 1 amide bonds. The number of piperazine rings is 1. The van der Waals surface area contributed by atoms with E-state index in [1.54, 1.807) is 0 Å². The summed E-state index contributed by atoms with van der Waals surface area (Å²) in [6.45, 7) is 8.42. The Morgan fingerprint density at radius 1 is 1.00 bits per heavy atom. The van der Waals surface area contributed by atoms with Crippen LogP contribution in [-0.2, 0) is 11.3 Å². The molecule has 4 nitrogen and oxygen atoms in total. The Labute approximate surface area is 183 Å². The van der Waals surface area contributed by atoms with Crippen LogP contribution in [0, 0.1) is 12.7 Å². The van der Waals surface area contributed by atoms with Crippen LogP contribution in [0.5, 0.6) is 5.75 Å². The van der Waals surface area contributed by atoms with Crippen molar-refractivity contribution in [3.8, 4) is 5.75 Å². The molecule has 0 aromatic heterocycles. The van der Waals surface area contributed by atoms with Crippen molar-refractivity contribution in [1.82, 2.24) is 9.80 Å². The minimum atomic E-state index is -0.220. The van der Waals surface area contributed by atoms with Crippen molar-refractivity contribution in [2.75, 3.05) is 19.7 Å². The molecule has 0 spiro atoms. The van der Waals surface area contributed by atoms with Gasteiger partial charge in [0.15, 0.2) is 6.61 Å². The smallest absolute Gasteiger partial charge is 0.260 e. The zero-order valence-electron chi connectivity index (χ0n) is 18.3. The van der Waals surface area contributed by atoms with E-state index in [0.717, 1.165) is 40.7 Å². The molecule has 0 aliphatic carbocycles. The Morgan fingerprint density at radius 3 is 2.52 bits per heavy atom. The lowest BCUT2D eigenvalue weighted by Crippen LogP contribution is -2.58. The molecule has 5 heteroatoms. The van der Waals surface area contributed by atoms with Gasteiger partial charge >= 0.3 is 0 Å². The molecule has 31 heavy (non-hydrogen) atoms. The van der Waals surface area contributed by atoms with E-state index in [-0.39, 0.29) is 30.4 Å². The summed E-state index contributed by atoms with van der Waals surface area (Å²) in [6.07, 6.45) is 0. The van der Waals surface area contributed by atoms with E-state index in [4.69, 9.17) is 4.74 Å². The largest absolute Gasteiger partial charge is 0.483 e. The Hall–Kier alpha value is -2.92. The molecule has 1 fully saturated rings. The number of aryl methyl sites for hydroxylation is 1. The monoisotopic (exact) mass is 420 g/mol. The molecule has 0 radical (unpaired) electrons. The summed E-state index contributed by atoms with van der Waals surface area (Å²) in [7, 11) is 0. The van der Waals surface area contributed by atoms with Gasteiger partial charge in [-0.15, -0.1) is 0 Å². The number of benzene rings is 3. The lowest BCUT2D eigenvalue weighted by atomic mass is 10.1. The second-order valence-electron chi connectivity index (χ2n) is 8.52. The summed E-state index contributed by atoms with van der Waals surface area (Å²) in [6, 6.07) is 19.1. The van der Waals surface area contributed by atoms with E-state index >= 15 is 0 Å². The summed E-state index contributed by atoms with van der Waals surface area (Å²) in [5.74, 6) is 0.567. The Kier molecular flexibility index (Phi) is 6.23. The lowest BCUT2D eigenvalue weighted by molar-refractivity contribution is -0.139. The summed E-state index contributed by atoms with van der Waals surface area (Å²) in [5.41, 5.74) is 2.10. The molecule has 0 saturated carbocycles. The van der Waals surface area contributed by atoms with Gasteiger partial charge in [-0.1, -0.05) is 48.5 Å². The van der Waals surface area contributed by atoms with Gasteiger partial charge in [0, 0.05) is 37.1 Å². The van der Waals surface area contributed by atoms with Crippen LogP contribution in [0.25, 0.3) is 10.8 Å². The highest BCUT2D eigenvalue weighted by atomic mass is 19.1. The van der Waals surface area contributed by atoms with Crippen molar-refractivity contribution < 1.29 is 13.9 Å². The van der Waals surface area contributed by atoms with Crippen molar-refractivity contribution in [2.24, 2.45) is 0 Å². The van der Waals surface area contributed by atoms with Crippen molar-refractivity contribution in [3.63, 3.8) is 0 Å². The number of nitrogens with zero attached hydrogens (tertiary/aromatic N) is 2. The van der Waals surface area contributed by atoms with E-state index in [0.29, 0.717) is 6.54 Å². The van der Waals surface area contributed by atoms with Crippen LogP contribution in [-0.4, -0.2) is 47.5 Å². The van der Waals surface area contributed by atoms with Crippen molar-refractivity contribution >= 4 is 16.7 Å². The summed E-state index contributed by atoms with van der Waals surface area (Å²) in [5, 5.41) is 2.13. The maximum absolute atomic E-state index is 13.2. The number of rotatable bonds is 5. The predicted octanol–water partition coefficient (Wildman–Crippen LogP) is 4.79. The minimum absolute atomic E-state index is 0.00752. The van der Waals surface area contributed by atoms with Crippen LogP contribution in [0.3, 0.4) is 0 Å². The van der Waals surface area contributed by atoms with Gasteiger partial charge in [0.05, 0.1) is 0 Å². The zero-order chi connectivity index (χ0) is 22.0. The number of halogens is 1. The van der Waals surface area contributed by atoms with E-state index < -0.39 is 0 Å². The standard InChI is InChI=1S/C26H29FN2O2/c1-18-8-11-22-6-4-5-7-24(22)26(18)31-17-25(30)29-15-19(2)28(14-20(29)3)16-21-9-12-23(27)13-10-21/h4-13,19-20H,14-17H2,1-3H3/t19-,20+/m0/s1. The molecule has 1 aliphatic heterocycles. The highest BCUT2D eigenvalue weighted by Crippen LogP contribution is 2.29. The third-order valence-electron chi connectivity index (χ3n) is 6.15. The summed E-state index contributed by atoms with van der Waals surface area (Å²) in [4.78, 5) is 17.3. The molecule has 4 rings (SSSR count). The fourth-order valence-electron chi connectivity index (χ4n) is 4.35. The molecule has 2 atom stereocenters. The minimum Gasteiger partial charge on any atom is -0.483 e. The third kappa shape index (κ3) is 4.72. The molecule has 3 aromatic rings. The van der Waals surface area contributed by atoms with E-state index in [1.807, 2.05) is 54.3 Å². The van der Waals surface area contributed by atoms with Crippen LogP contribution in [0.2, 0.25) is 0 Å². The van der Waals surface area contributed by atoms with Gasteiger partial charge in [-0.3, -0.25) is 9.69 Å². The highest BCUT2D eigenvalue weighted by molar-refractivity contribution is 5.90. The van der Waals surface area contributed by atoms with Gasteiger partial charge < -0.3 is 9.64 Å². The van der Waals surface area contributed by atoms with Crippen LogP contribution in [0.1, 0.15) is 25.0 Å². The molecule has 0 N–H and O–H groups in total. The topological polar surface area (TPSA) is 32.8 Å². The van der Waals surface area contributed by atoms with Gasteiger partial charge in [-0.05, 0) is 49.4 Å². The lowest BCUT2D eigenvalue weighted by Gasteiger charge is -2.44. The highest BCUT2D eigenvalue weighted by Gasteiger charge is 2.32. The van der Waals surface area contributed by atoms with E-state index in [9.17, 15) is 9.18 Å². The fourth-order valence-corrected chi connectivity index (χ4v) is 4.35. The fraction of sp³-hybridized carbons (Fsp3) is 0.346. The number of carbonyl (C=O) groups excluding carboxylic acids is 1. The number of hydrogen-bond acceptors (Lipinski definition) is 3. The molecule has 0 bridgehead atoms. The molecule has 1 aliphatic rings. The van der Waals surface area contributed by atoms with Gasteiger partial charge in [-0.2, -0.15) is 0 Å². The first-order valence-corrected chi connectivity index (χ1v) is 10.8. The van der Waals surface area contributed by atoms with Crippen molar-refractivity contribution in [3.05, 3.63) is 77.6 Å². The van der Waals surface area contributed by atoms with Crippen molar-refractivity contribution in [1.29, 1.82) is 0 Å². The average molecular weight is 421 g/mol. The maximum Gasteiger partial charge on any atom is 0.260 e. The number of carbonyl (C=O) groups is 1. The van der Waals surface area contributed by atoms with Crippen molar-refractivity contribution in [2.45, 2.75) is 39.4 Å². The number of amides is 1. The van der Waals surface area contributed by atoms with Gasteiger partial charge in [-0.25, -0.2) is 4.39 Å². The molecule has 0 unspecified atom stereocenters. The van der Waals surface area contributed by atoms with Crippen LogP contribution in [0.4, 0.5) is 4.39 Å². The van der Waals surface area contributed by atoms with Gasteiger partial charge in [0.2, 0.25) is 0 Å². The van der Waals surface area contributed by atoms with Gasteiger partial charge in [0.1, 0.15) is 11.6 Å². The number of ether oxygens (including phenoxy) is 1. The van der Waals surface area contributed by atoms with Gasteiger partial charge in [0.25, 0.3) is 5.91 Å². The molecular weight excluding hydrogens is 391 g/mol. The van der Waals surface area contributed by atoms with Crippen LogP contribution in [0.15, 0.2) is 60.7 Å². The van der Waals surface area contributed by atoms with Crippen LogP contribution < -0.4 is 4.74 Å². The Balaban J connectivity index is 1.40. The zero-order valence-corrected chi connectivity index (χ0v) is 18.3. The molecule has 1 saturated heterocycles.